The number of carboxylic acid groups (broad SMARTS) is 1. The van der Waals surface area contributed by atoms with Crippen LogP contribution in [0, 0.1) is 0 Å². The van der Waals surface area contributed by atoms with Gasteiger partial charge in [-0.2, -0.15) is 0 Å². The van der Waals surface area contributed by atoms with E-state index in [2.05, 4.69) is 5.10 Å². The van der Waals surface area contributed by atoms with Gasteiger partial charge in [-0.3, -0.25) is 0 Å². The Morgan fingerprint density at radius 3 is 2.91 bits per heavy atom. The molecule has 1 heterocycles. The number of carbonyl (C=O) groups is 1. The van der Waals surface area contributed by atoms with E-state index in [4.69, 9.17) is 5.11 Å². The zero-order valence-electron chi connectivity index (χ0n) is 6.48. The SMILES string of the molecule is CCn1cn[n+](C)c1C(=O)O. The Morgan fingerprint density at radius 1 is 1.91 bits per heavy atom. The number of hydrogen-bond acceptors (Lipinski definition) is 2. The maximum atomic E-state index is 10.6. The van der Waals surface area contributed by atoms with Crippen LogP contribution < -0.4 is 4.68 Å². The van der Waals surface area contributed by atoms with Gasteiger partial charge in [0.15, 0.2) is 0 Å². The van der Waals surface area contributed by atoms with Crippen molar-refractivity contribution < 1.29 is 14.6 Å². The van der Waals surface area contributed by atoms with Crippen LogP contribution in [-0.4, -0.2) is 20.7 Å². The molecule has 0 unspecified atom stereocenters. The average Bonchev–Trinajstić information content (AvgIpc) is 2.30. The van der Waals surface area contributed by atoms with Gasteiger partial charge in [0.1, 0.15) is 7.05 Å². The number of aromatic carboxylic acids is 1. The van der Waals surface area contributed by atoms with Crippen LogP contribution in [0.25, 0.3) is 0 Å². The summed E-state index contributed by atoms with van der Waals surface area (Å²) in [5, 5.41) is 12.5. The summed E-state index contributed by atoms with van der Waals surface area (Å²) in [5.41, 5.74) is 0. The van der Waals surface area contributed by atoms with Crippen LogP contribution in [0.1, 0.15) is 17.5 Å². The number of rotatable bonds is 2. The highest BCUT2D eigenvalue weighted by molar-refractivity contribution is 5.81. The first-order chi connectivity index (χ1) is 5.16. The van der Waals surface area contributed by atoms with E-state index in [-0.39, 0.29) is 5.82 Å². The first-order valence-corrected chi connectivity index (χ1v) is 3.31. The Balaban J connectivity index is 3.17. The fourth-order valence-electron chi connectivity index (χ4n) is 0.928. The molecule has 0 bridgehead atoms. The van der Waals surface area contributed by atoms with Gasteiger partial charge < -0.3 is 5.11 Å². The van der Waals surface area contributed by atoms with Crippen LogP contribution in [0.5, 0.6) is 0 Å². The van der Waals surface area contributed by atoms with Crippen LogP contribution in [0.2, 0.25) is 0 Å². The van der Waals surface area contributed by atoms with Crippen LogP contribution in [0.3, 0.4) is 0 Å². The van der Waals surface area contributed by atoms with E-state index in [0.717, 1.165) is 0 Å². The highest BCUT2D eigenvalue weighted by atomic mass is 16.4. The van der Waals surface area contributed by atoms with Crippen molar-refractivity contribution in [3.63, 3.8) is 0 Å². The molecule has 0 amide bonds. The van der Waals surface area contributed by atoms with E-state index < -0.39 is 5.97 Å². The van der Waals surface area contributed by atoms with Gasteiger partial charge in [0.05, 0.1) is 6.54 Å². The normalized spacial score (nSPS) is 10.0. The van der Waals surface area contributed by atoms with Crippen molar-refractivity contribution in [1.82, 2.24) is 9.67 Å². The van der Waals surface area contributed by atoms with E-state index in [1.165, 1.54) is 11.0 Å². The molecule has 60 valence electrons. The molecule has 5 heteroatoms. The molecule has 0 aliphatic rings. The van der Waals surface area contributed by atoms with Crippen LogP contribution >= 0.6 is 0 Å². The average molecular weight is 156 g/mol. The molecule has 0 atom stereocenters. The maximum Gasteiger partial charge on any atom is 0.421 e. The molecule has 0 saturated heterocycles. The fraction of sp³-hybridized carbons (Fsp3) is 0.500. The second kappa shape index (κ2) is 2.69. The third kappa shape index (κ3) is 1.21. The van der Waals surface area contributed by atoms with Gasteiger partial charge in [-0.25, -0.2) is 9.36 Å². The summed E-state index contributed by atoms with van der Waals surface area (Å²) >= 11 is 0. The zero-order chi connectivity index (χ0) is 8.43. The van der Waals surface area contributed by atoms with Gasteiger partial charge in [-0.15, -0.1) is 4.68 Å². The number of aromatic nitrogens is 3. The molecule has 0 aromatic carbocycles. The Bertz CT molecular complexity index is 279. The largest absolute Gasteiger partial charge is 0.472 e. The fourth-order valence-corrected chi connectivity index (χ4v) is 0.928. The van der Waals surface area contributed by atoms with E-state index >= 15 is 0 Å². The summed E-state index contributed by atoms with van der Waals surface area (Å²) in [6.07, 6.45) is 1.50. The molecule has 1 rings (SSSR count). The summed E-state index contributed by atoms with van der Waals surface area (Å²) in [6.45, 7) is 2.49. The van der Waals surface area contributed by atoms with Crippen molar-refractivity contribution in [3.8, 4) is 0 Å². The van der Waals surface area contributed by atoms with Crippen molar-refractivity contribution in [2.75, 3.05) is 0 Å². The minimum absolute atomic E-state index is 0.201. The number of nitrogens with zero attached hydrogens (tertiary/aromatic N) is 3. The van der Waals surface area contributed by atoms with Gasteiger partial charge in [0, 0.05) is 0 Å². The lowest BCUT2D eigenvalue weighted by Gasteiger charge is -1.89. The first kappa shape index (κ1) is 7.71. The summed E-state index contributed by atoms with van der Waals surface area (Å²) in [6, 6.07) is 0. The van der Waals surface area contributed by atoms with Crippen molar-refractivity contribution in [3.05, 3.63) is 12.2 Å². The molecule has 0 fully saturated rings. The monoisotopic (exact) mass is 156 g/mol. The predicted octanol–water partition coefficient (Wildman–Crippen LogP) is -0.574. The number of carboxylic acids is 1. The van der Waals surface area contributed by atoms with E-state index in [1.54, 1.807) is 11.6 Å². The highest BCUT2D eigenvalue weighted by Crippen LogP contribution is 1.90. The second-order valence-electron chi connectivity index (χ2n) is 2.17. The van der Waals surface area contributed by atoms with Gasteiger partial charge in [0.25, 0.3) is 0 Å². The molecule has 11 heavy (non-hydrogen) atoms. The number of hydrogen-bond donors (Lipinski definition) is 1. The molecule has 1 aromatic heterocycles. The van der Waals surface area contributed by atoms with Crippen LogP contribution in [-0.2, 0) is 13.6 Å². The van der Waals surface area contributed by atoms with Gasteiger partial charge in [-0.05, 0) is 12.0 Å². The Morgan fingerprint density at radius 2 is 2.55 bits per heavy atom. The van der Waals surface area contributed by atoms with Crippen molar-refractivity contribution in [2.45, 2.75) is 13.5 Å². The van der Waals surface area contributed by atoms with Gasteiger partial charge in [0.2, 0.25) is 6.33 Å². The predicted molar refractivity (Wildman–Crippen MR) is 36.0 cm³/mol. The highest BCUT2D eigenvalue weighted by Gasteiger charge is 2.22. The first-order valence-electron chi connectivity index (χ1n) is 3.31. The molecule has 1 N–H and O–H groups in total. The molecule has 0 aliphatic heterocycles. The summed E-state index contributed by atoms with van der Waals surface area (Å²) in [7, 11) is 1.61. The van der Waals surface area contributed by atoms with Crippen molar-refractivity contribution >= 4 is 5.97 Å². The smallest absolute Gasteiger partial charge is 0.421 e. The topological polar surface area (TPSA) is 59.0 Å². The summed E-state index contributed by atoms with van der Waals surface area (Å²) in [4.78, 5) is 10.6. The van der Waals surface area contributed by atoms with E-state index in [9.17, 15) is 4.79 Å². The van der Waals surface area contributed by atoms with E-state index in [1.807, 2.05) is 6.92 Å². The lowest BCUT2D eigenvalue weighted by atomic mass is 10.5. The third-order valence-corrected chi connectivity index (χ3v) is 1.47. The molecular weight excluding hydrogens is 146 g/mol. The van der Waals surface area contributed by atoms with E-state index in [0.29, 0.717) is 6.54 Å². The Hall–Kier alpha value is -1.39. The molecule has 5 nitrogen and oxygen atoms in total. The van der Waals surface area contributed by atoms with Crippen molar-refractivity contribution in [2.24, 2.45) is 7.05 Å². The summed E-state index contributed by atoms with van der Waals surface area (Å²) < 4.78 is 2.91. The molecular formula is C6H10N3O2+. The van der Waals surface area contributed by atoms with Gasteiger partial charge in [-0.1, -0.05) is 0 Å². The molecule has 0 spiro atoms. The third-order valence-electron chi connectivity index (χ3n) is 1.47. The van der Waals surface area contributed by atoms with Crippen LogP contribution in [0.4, 0.5) is 0 Å². The zero-order valence-corrected chi connectivity index (χ0v) is 6.48. The molecule has 0 aliphatic carbocycles. The lowest BCUT2D eigenvalue weighted by molar-refractivity contribution is -0.730. The maximum absolute atomic E-state index is 10.6. The molecule has 0 radical (unpaired) electrons. The number of aryl methyl sites for hydroxylation is 2. The standard InChI is InChI=1S/C6H9N3O2/c1-3-9-4-7-8(2)5(9)6(10)11/h4H,3H2,1-2H3/p+1. The Kier molecular flexibility index (Phi) is 1.89. The quantitative estimate of drug-likeness (QED) is 0.583. The summed E-state index contributed by atoms with van der Waals surface area (Å²) in [5.74, 6) is -0.751. The minimum Gasteiger partial charge on any atom is -0.472 e. The Labute approximate surface area is 63.9 Å². The molecule has 1 aromatic rings. The van der Waals surface area contributed by atoms with Crippen molar-refractivity contribution in [1.29, 1.82) is 0 Å². The lowest BCUT2D eigenvalue weighted by Crippen LogP contribution is -2.38. The van der Waals surface area contributed by atoms with Crippen LogP contribution in [0.15, 0.2) is 6.33 Å². The van der Waals surface area contributed by atoms with Gasteiger partial charge >= 0.3 is 11.8 Å². The second-order valence-corrected chi connectivity index (χ2v) is 2.17. The molecule has 0 saturated carbocycles. The minimum atomic E-state index is -0.952.